The molecule has 4 rings (SSSR count). The summed E-state index contributed by atoms with van der Waals surface area (Å²) in [6.07, 6.45) is 26.3. The zero-order valence-corrected chi connectivity index (χ0v) is 47.1. The van der Waals surface area contributed by atoms with E-state index in [0.717, 1.165) is 44.7 Å². The molecule has 0 spiro atoms. The summed E-state index contributed by atoms with van der Waals surface area (Å²) in [4.78, 5) is 0. The Bertz CT molecular complexity index is 996. The van der Waals surface area contributed by atoms with Gasteiger partial charge in [0.05, 0.1) is 0 Å². The van der Waals surface area contributed by atoms with Crippen LogP contribution in [0.3, 0.4) is 0 Å². The molecular formula is C44H74Cl2Hf2Si2-6. The van der Waals surface area contributed by atoms with Crippen LogP contribution >= 0.6 is 0 Å². The van der Waals surface area contributed by atoms with Gasteiger partial charge in [0.25, 0.3) is 0 Å². The van der Waals surface area contributed by atoms with Crippen LogP contribution in [-0.4, -0.2) is 19.0 Å². The number of hydrogen-bond acceptors (Lipinski definition) is 0. The van der Waals surface area contributed by atoms with Crippen LogP contribution in [0.2, 0.25) is 26.2 Å². The van der Waals surface area contributed by atoms with Crippen LogP contribution in [0.1, 0.15) is 136 Å². The predicted molar refractivity (Wildman–Crippen MR) is 216 cm³/mol. The van der Waals surface area contributed by atoms with Crippen molar-refractivity contribution in [1.82, 2.24) is 0 Å². The van der Waals surface area contributed by atoms with Crippen molar-refractivity contribution in [2.75, 3.05) is 0 Å². The van der Waals surface area contributed by atoms with E-state index < -0.39 is 0 Å². The molecule has 0 nitrogen and oxygen atoms in total. The summed E-state index contributed by atoms with van der Waals surface area (Å²) in [5.74, 6) is 0. The van der Waals surface area contributed by atoms with E-state index in [1.54, 1.807) is 0 Å². The van der Waals surface area contributed by atoms with Crippen molar-refractivity contribution in [2.45, 2.75) is 163 Å². The summed E-state index contributed by atoms with van der Waals surface area (Å²) >= 11 is 0. The monoisotopic (exact) mass is 1090 g/mol. The third-order valence-electron chi connectivity index (χ3n) is 7.65. The summed E-state index contributed by atoms with van der Waals surface area (Å²) in [7, 11) is 1.50. The van der Waals surface area contributed by atoms with E-state index in [1.165, 1.54) is 44.6 Å². The molecule has 50 heavy (non-hydrogen) atoms. The standard InChI is InChI=1S/4C10H15.2C2H7Si.2ClH.2Hf/c4*1-8-5-6-9(7-8)10(2,3)4;2*1-3-2;;;;/h4*7H,6H2,1-4H3;2*3H,1-2H3;2*1H;;/q4*-1;;;;;;/p-2. The van der Waals surface area contributed by atoms with E-state index in [4.69, 9.17) is 0 Å². The molecule has 0 saturated heterocycles. The first kappa shape index (κ1) is 62.7. The van der Waals surface area contributed by atoms with Gasteiger partial charge in [-0.25, -0.2) is 46.6 Å². The van der Waals surface area contributed by atoms with Crippen molar-refractivity contribution < 1.29 is 76.5 Å². The molecule has 4 aliphatic carbocycles. The molecule has 0 N–H and O–H groups in total. The van der Waals surface area contributed by atoms with Gasteiger partial charge in [-0.1, -0.05) is 137 Å². The Morgan fingerprint density at radius 2 is 0.500 bits per heavy atom. The first-order valence-electron chi connectivity index (χ1n) is 17.4. The van der Waals surface area contributed by atoms with E-state index >= 15 is 0 Å². The van der Waals surface area contributed by atoms with Gasteiger partial charge in [0.15, 0.2) is 0 Å². The Morgan fingerprint density at radius 1 is 0.380 bits per heavy atom. The van der Waals surface area contributed by atoms with E-state index in [-0.39, 0.29) is 76.5 Å². The quantitative estimate of drug-likeness (QED) is 0.175. The molecular weight excluding hydrogens is 1010 g/mol. The van der Waals surface area contributed by atoms with Crippen molar-refractivity contribution in [3.63, 3.8) is 0 Å². The molecule has 0 aromatic heterocycles. The molecule has 0 bridgehead atoms. The molecule has 0 fully saturated rings. The maximum atomic E-state index is 3.30. The van der Waals surface area contributed by atoms with Crippen molar-refractivity contribution in [1.29, 1.82) is 0 Å². The van der Waals surface area contributed by atoms with Gasteiger partial charge < -0.3 is 24.8 Å². The van der Waals surface area contributed by atoms with Crippen LogP contribution < -0.4 is 24.8 Å². The normalized spacial score (nSPS) is 15.8. The molecule has 0 unspecified atom stereocenters. The SMILES string of the molecule is CC1=[C-]CC(C(C)(C)C)=C1.CC1=[C-]CC(C(C)(C)C)=C1.CC1=[C-]CC(C(C)(C)C)=C1.CC1=[C-]CC(C(C)(C)C)=C1.C[SiH]C.C[SiH]C.[Cl-].[Cl-].[Hf].[Hf]. The van der Waals surface area contributed by atoms with Gasteiger partial charge in [-0.15, -0.1) is 25.7 Å². The molecule has 0 heterocycles. The summed E-state index contributed by atoms with van der Waals surface area (Å²) in [6, 6.07) is 0. The second-order valence-electron chi connectivity index (χ2n) is 17.0. The molecule has 4 aliphatic rings. The number of halogens is 2. The van der Waals surface area contributed by atoms with Crippen molar-refractivity contribution in [3.05, 3.63) is 93.2 Å². The summed E-state index contributed by atoms with van der Waals surface area (Å²) in [6.45, 7) is 44.3. The van der Waals surface area contributed by atoms with Gasteiger partial charge in [0.1, 0.15) is 0 Å². The largest absolute Gasteiger partial charge is 1.00 e. The Balaban J connectivity index is -0.000000119. The fourth-order valence-corrected chi connectivity index (χ4v) is 4.32. The smallest absolute Gasteiger partial charge is 0.0213 e. The van der Waals surface area contributed by atoms with E-state index in [9.17, 15) is 0 Å². The zero-order chi connectivity index (χ0) is 36.5. The minimum atomic E-state index is 0. The first-order valence-corrected chi connectivity index (χ1v) is 22.1. The van der Waals surface area contributed by atoms with Crippen LogP contribution in [0.25, 0.3) is 0 Å². The van der Waals surface area contributed by atoms with E-state index in [2.05, 4.69) is 186 Å². The minimum Gasteiger partial charge on any atom is -1.00 e. The summed E-state index contributed by atoms with van der Waals surface area (Å²) in [5, 5.41) is 0. The second-order valence-corrected chi connectivity index (χ2v) is 19.3. The van der Waals surface area contributed by atoms with Crippen LogP contribution in [0.15, 0.2) is 68.9 Å². The van der Waals surface area contributed by atoms with Gasteiger partial charge in [-0.05, 0) is 21.7 Å². The van der Waals surface area contributed by atoms with Gasteiger partial charge in [0.2, 0.25) is 0 Å². The summed E-state index contributed by atoms with van der Waals surface area (Å²) < 4.78 is 0. The van der Waals surface area contributed by atoms with Gasteiger partial charge in [-0.2, -0.15) is 22.3 Å². The average Bonchev–Trinajstić information content (AvgIpc) is 3.68. The molecule has 6 heteroatoms. The van der Waals surface area contributed by atoms with Gasteiger partial charge in [0, 0.05) is 70.7 Å². The Hall–Kier alpha value is 0.674. The molecule has 0 aromatic carbocycles. The first-order chi connectivity index (χ1) is 20.8. The summed E-state index contributed by atoms with van der Waals surface area (Å²) in [5.41, 5.74) is 12.6. The van der Waals surface area contributed by atoms with Crippen LogP contribution in [0, 0.1) is 46.0 Å². The minimum absolute atomic E-state index is 0. The molecule has 0 saturated carbocycles. The van der Waals surface area contributed by atoms with E-state index in [0.29, 0.717) is 21.7 Å². The van der Waals surface area contributed by atoms with Crippen LogP contribution in [0.4, 0.5) is 0 Å². The average molecular weight is 1090 g/mol. The molecule has 2 radical (unpaired) electrons. The number of allylic oxidation sites excluding steroid dienone is 16. The molecule has 0 amide bonds. The van der Waals surface area contributed by atoms with Crippen molar-refractivity contribution in [2.24, 2.45) is 21.7 Å². The van der Waals surface area contributed by atoms with Gasteiger partial charge >= 0.3 is 0 Å². The molecule has 0 aromatic rings. The van der Waals surface area contributed by atoms with Crippen LogP contribution in [0.5, 0.6) is 0 Å². The Labute approximate surface area is 369 Å². The number of rotatable bonds is 0. The fraction of sp³-hybridized carbons (Fsp3) is 0.636. The third-order valence-corrected chi connectivity index (χ3v) is 7.65. The molecule has 0 atom stereocenters. The molecule has 0 aliphatic heterocycles. The Kier molecular flexibility index (Phi) is 37.5. The zero-order valence-electron chi connectivity index (χ0n) is 36.0. The maximum absolute atomic E-state index is 3.30. The second kappa shape index (κ2) is 30.0. The van der Waals surface area contributed by atoms with Crippen molar-refractivity contribution in [3.8, 4) is 0 Å². The number of hydrogen-bond donors (Lipinski definition) is 0. The topological polar surface area (TPSA) is 0 Å². The van der Waals surface area contributed by atoms with Crippen molar-refractivity contribution >= 4 is 19.0 Å². The van der Waals surface area contributed by atoms with E-state index in [1.807, 2.05) is 0 Å². The predicted octanol–water partition coefficient (Wildman–Crippen LogP) is 7.49. The van der Waals surface area contributed by atoms with Crippen LogP contribution in [-0.2, 0) is 51.7 Å². The molecule has 286 valence electrons. The maximum Gasteiger partial charge on any atom is 0.0213 e. The van der Waals surface area contributed by atoms with Gasteiger partial charge in [-0.3, -0.25) is 24.3 Å². The fourth-order valence-electron chi connectivity index (χ4n) is 4.32. The Morgan fingerprint density at radius 3 is 0.540 bits per heavy atom. The third kappa shape index (κ3) is 30.1.